The molecule has 4 fully saturated rings. The fraction of sp³-hybridized carbons (Fsp3) is 0.491. The molecule has 0 spiro atoms. The molecule has 4 aliphatic rings. The number of carbonyl (C=O) groups excluding carboxylic acids is 4. The van der Waals surface area contributed by atoms with Gasteiger partial charge < -0.3 is 34.5 Å². The number of aryl methyl sites for hydroxylation is 1. The van der Waals surface area contributed by atoms with Crippen LogP contribution < -0.4 is 15.5 Å². The van der Waals surface area contributed by atoms with Crippen LogP contribution >= 0.6 is 15.9 Å². The van der Waals surface area contributed by atoms with E-state index in [4.69, 9.17) is 18.9 Å². The Morgan fingerprint density at radius 3 is 1.58 bits per heavy atom. The molecule has 4 aliphatic heterocycles. The highest BCUT2D eigenvalue weighted by molar-refractivity contribution is 9.10. The van der Waals surface area contributed by atoms with Gasteiger partial charge in [0.05, 0.1) is 12.1 Å². The minimum atomic E-state index is -0.475. The Balaban J connectivity index is 0.000000188. The number of ether oxygens (including phenoxy) is 4. The third-order valence-corrected chi connectivity index (χ3v) is 12.8. The van der Waals surface area contributed by atoms with E-state index in [2.05, 4.69) is 67.9 Å². The predicted molar refractivity (Wildman–Crippen MR) is 273 cm³/mol. The van der Waals surface area contributed by atoms with Gasteiger partial charge in [0, 0.05) is 61.4 Å². The van der Waals surface area contributed by atoms with Gasteiger partial charge in [-0.1, -0.05) is 101 Å². The van der Waals surface area contributed by atoms with Crippen LogP contribution in [0.1, 0.15) is 102 Å². The molecule has 0 radical (unpaired) electrons. The molecule has 4 atom stereocenters. The minimum absolute atomic E-state index is 0.133. The molecule has 4 saturated heterocycles. The van der Waals surface area contributed by atoms with E-state index in [1.165, 1.54) is 11.3 Å². The second-order valence-corrected chi connectivity index (χ2v) is 21.1. The number of carbonyl (C=O) groups is 4. The predicted octanol–water partition coefficient (Wildman–Crippen LogP) is 10.6. The molecule has 13 nitrogen and oxygen atoms in total. The first kappa shape index (κ1) is 52.8. The highest BCUT2D eigenvalue weighted by Crippen LogP contribution is 2.34. The molecule has 4 bridgehead atoms. The smallest absolute Gasteiger partial charge is 0.410 e. The van der Waals surface area contributed by atoms with Crippen LogP contribution in [-0.4, -0.2) is 102 Å². The summed E-state index contributed by atoms with van der Waals surface area (Å²) in [6, 6.07) is 37.1. The SMILES string of the molecule is CC(C)(C)OC(=O)N1C2CCC1CN(c1ccc(CCNC(=O)OCc3ccccc3)cc1)C2.CC(C)(C)OC(=O)N1C2CCC1CNC2.O=C(CCCc1ccc(Br)cc1)OCc1ccccc1. The summed E-state index contributed by atoms with van der Waals surface area (Å²) in [6.45, 7) is 16.1. The number of rotatable bonds is 12. The number of fused-ring (bicyclic) bond motifs is 4. The number of hydrogen-bond donors (Lipinski definition) is 2. The first-order valence-corrected chi connectivity index (χ1v) is 25.2. The van der Waals surface area contributed by atoms with Gasteiger partial charge in [0.2, 0.25) is 0 Å². The largest absolute Gasteiger partial charge is 0.461 e. The molecule has 0 aliphatic carbocycles. The molecule has 8 rings (SSSR count). The summed E-state index contributed by atoms with van der Waals surface area (Å²) >= 11 is 3.41. The maximum atomic E-state index is 12.7. The van der Waals surface area contributed by atoms with Crippen molar-refractivity contribution in [2.24, 2.45) is 0 Å². The average Bonchev–Trinajstić information content (AvgIpc) is 3.74. The lowest BCUT2D eigenvalue weighted by atomic mass is 10.1. The Bertz CT molecular complexity index is 2200. The van der Waals surface area contributed by atoms with Crippen LogP contribution in [-0.2, 0) is 49.8 Å². The van der Waals surface area contributed by atoms with E-state index in [1.54, 1.807) is 0 Å². The lowest BCUT2D eigenvalue weighted by Gasteiger charge is -2.42. The van der Waals surface area contributed by atoms with Gasteiger partial charge in [0.25, 0.3) is 0 Å². The van der Waals surface area contributed by atoms with Crippen molar-refractivity contribution >= 4 is 45.9 Å². The number of nitrogens with one attached hydrogen (secondary N) is 2. The number of piperazine rings is 2. The number of nitrogens with zero attached hydrogens (tertiary/aromatic N) is 3. The van der Waals surface area contributed by atoms with E-state index in [-0.39, 0.29) is 42.4 Å². The second kappa shape index (κ2) is 25.3. The first-order chi connectivity index (χ1) is 33.0. The monoisotopic (exact) mass is 1010 g/mol. The normalized spacial score (nSPS) is 19.3. The molecule has 0 saturated carbocycles. The molecule has 372 valence electrons. The summed E-state index contributed by atoms with van der Waals surface area (Å²) in [6.07, 6.45) is 6.42. The van der Waals surface area contributed by atoms with E-state index >= 15 is 0 Å². The van der Waals surface area contributed by atoms with Crippen molar-refractivity contribution in [3.05, 3.63) is 136 Å². The summed E-state index contributed by atoms with van der Waals surface area (Å²) in [7, 11) is 0. The maximum absolute atomic E-state index is 12.7. The lowest BCUT2D eigenvalue weighted by molar-refractivity contribution is -0.145. The van der Waals surface area contributed by atoms with Crippen LogP contribution in [0, 0.1) is 0 Å². The van der Waals surface area contributed by atoms with Gasteiger partial charge in [-0.25, -0.2) is 14.4 Å². The average molecular weight is 1010 g/mol. The lowest BCUT2D eigenvalue weighted by Crippen LogP contribution is -2.56. The van der Waals surface area contributed by atoms with Gasteiger partial charge in [0.1, 0.15) is 24.4 Å². The van der Waals surface area contributed by atoms with Gasteiger partial charge in [-0.05, 0) is 133 Å². The summed E-state index contributed by atoms with van der Waals surface area (Å²) in [5, 5.41) is 6.15. The zero-order chi connectivity index (χ0) is 49.4. The fourth-order valence-corrected chi connectivity index (χ4v) is 9.24. The zero-order valence-corrected chi connectivity index (χ0v) is 42.9. The second-order valence-electron chi connectivity index (χ2n) is 20.1. The van der Waals surface area contributed by atoms with Crippen LogP contribution in [0.4, 0.5) is 20.1 Å². The Morgan fingerprint density at radius 1 is 0.594 bits per heavy atom. The van der Waals surface area contributed by atoms with Gasteiger partial charge in [0.15, 0.2) is 0 Å². The van der Waals surface area contributed by atoms with Gasteiger partial charge in [-0.3, -0.25) is 14.6 Å². The Labute approximate surface area is 417 Å². The van der Waals surface area contributed by atoms with E-state index < -0.39 is 11.7 Å². The minimum Gasteiger partial charge on any atom is -0.461 e. The number of amides is 3. The summed E-state index contributed by atoms with van der Waals surface area (Å²) in [4.78, 5) is 54.4. The number of benzene rings is 4. The van der Waals surface area contributed by atoms with Crippen LogP contribution in [0.25, 0.3) is 0 Å². The number of alkyl carbamates (subject to hydrolysis) is 1. The molecule has 4 unspecified atom stereocenters. The molecule has 4 aromatic carbocycles. The van der Waals surface area contributed by atoms with E-state index in [0.717, 1.165) is 92.3 Å². The molecule has 4 aromatic rings. The van der Waals surface area contributed by atoms with Crippen molar-refractivity contribution in [1.82, 2.24) is 20.4 Å². The number of halogens is 1. The zero-order valence-electron chi connectivity index (χ0n) is 41.3. The van der Waals surface area contributed by atoms with Crippen molar-refractivity contribution in [3.63, 3.8) is 0 Å². The number of esters is 1. The van der Waals surface area contributed by atoms with E-state index in [9.17, 15) is 19.2 Å². The van der Waals surface area contributed by atoms with Crippen LogP contribution in [0.5, 0.6) is 0 Å². The van der Waals surface area contributed by atoms with Gasteiger partial charge >= 0.3 is 24.2 Å². The number of anilines is 1. The maximum Gasteiger partial charge on any atom is 0.410 e. The molecule has 0 aromatic heterocycles. The van der Waals surface area contributed by atoms with E-state index in [0.29, 0.717) is 31.7 Å². The Kier molecular flexibility index (Phi) is 19.4. The Hall–Kier alpha value is -5.60. The molecule has 4 heterocycles. The van der Waals surface area contributed by atoms with Crippen molar-refractivity contribution in [2.75, 3.05) is 37.6 Å². The van der Waals surface area contributed by atoms with Crippen molar-refractivity contribution < 1.29 is 38.1 Å². The number of hydrogen-bond acceptors (Lipinski definition) is 10. The first-order valence-electron chi connectivity index (χ1n) is 24.5. The van der Waals surface area contributed by atoms with Crippen molar-refractivity contribution in [1.29, 1.82) is 0 Å². The quantitative estimate of drug-likeness (QED) is 0.104. The fourth-order valence-electron chi connectivity index (χ4n) is 8.97. The van der Waals surface area contributed by atoms with E-state index in [1.807, 2.05) is 124 Å². The standard InChI is InChI=1S/C27H35N3O4.C17H17BrO2.C11H20N2O2/c1-27(2,3)34-26(32)30-23-13-14-24(30)18-29(17-23)22-11-9-20(10-12-22)15-16-28-25(31)33-19-21-7-5-4-6-8-21;18-16-11-9-14(10-12-16)7-4-8-17(19)20-13-15-5-2-1-3-6-15;1-11(2,3)15-10(14)13-8-4-5-9(13)7-12-6-8/h4-12,23-24H,13-19H2,1-3H3,(H,28,31);1-3,5-6,9-12H,4,7-8,13H2;8-9,12H,4-7H2,1-3H3. The van der Waals surface area contributed by atoms with Gasteiger partial charge in [-0.2, -0.15) is 0 Å². The van der Waals surface area contributed by atoms with Crippen molar-refractivity contribution in [3.8, 4) is 0 Å². The van der Waals surface area contributed by atoms with Crippen LogP contribution in [0.3, 0.4) is 0 Å². The Morgan fingerprint density at radius 2 is 1.06 bits per heavy atom. The topological polar surface area (TPSA) is 139 Å². The van der Waals surface area contributed by atoms with Crippen LogP contribution in [0.15, 0.2) is 114 Å². The van der Waals surface area contributed by atoms with Crippen LogP contribution in [0.2, 0.25) is 0 Å². The third-order valence-electron chi connectivity index (χ3n) is 12.3. The highest BCUT2D eigenvalue weighted by atomic mass is 79.9. The molecule has 14 heteroatoms. The summed E-state index contributed by atoms with van der Waals surface area (Å²) in [5.74, 6) is -0.133. The molecule has 69 heavy (non-hydrogen) atoms. The molecular formula is C55H72BrN5O8. The van der Waals surface area contributed by atoms with Crippen molar-refractivity contribution in [2.45, 2.75) is 141 Å². The summed E-state index contributed by atoms with van der Waals surface area (Å²) < 4.78 is 22.6. The third kappa shape index (κ3) is 17.4. The molecule has 2 N–H and O–H groups in total. The van der Waals surface area contributed by atoms with Gasteiger partial charge in [-0.15, -0.1) is 0 Å². The highest BCUT2D eigenvalue weighted by Gasteiger charge is 2.44. The molecular weight excluding hydrogens is 939 g/mol. The molecule has 3 amide bonds. The summed E-state index contributed by atoms with van der Waals surface area (Å²) in [5.41, 5.74) is 4.69.